The number of rotatable bonds is 10. The van der Waals surface area contributed by atoms with E-state index in [9.17, 15) is 0 Å². The van der Waals surface area contributed by atoms with Gasteiger partial charge in [-0.25, -0.2) is 0 Å². The predicted octanol–water partition coefficient (Wildman–Crippen LogP) is 7.00. The lowest BCUT2D eigenvalue weighted by Gasteiger charge is -2.32. The summed E-state index contributed by atoms with van der Waals surface area (Å²) in [5.74, 6) is 4.04. The van der Waals surface area contributed by atoms with Gasteiger partial charge in [-0.3, -0.25) is 0 Å². The lowest BCUT2D eigenvalue weighted by atomic mass is 9.75. The fourth-order valence-corrected chi connectivity index (χ4v) is 5.06. The van der Waals surface area contributed by atoms with Crippen molar-refractivity contribution in [2.45, 2.75) is 103 Å². The van der Waals surface area contributed by atoms with E-state index in [0.29, 0.717) is 0 Å². The molecule has 0 unspecified atom stereocenters. The maximum absolute atomic E-state index is 5.32. The van der Waals surface area contributed by atoms with Gasteiger partial charge in [0, 0.05) is 13.7 Å². The molecule has 0 heterocycles. The Bertz CT molecular complexity index is 272. The van der Waals surface area contributed by atoms with Crippen molar-refractivity contribution in [2.24, 2.45) is 23.7 Å². The first-order valence-electron chi connectivity index (χ1n) is 10.8. The number of unbranched alkanes of at least 4 members (excludes halogenated alkanes) is 3. The number of methoxy groups -OCH3 is 1. The summed E-state index contributed by atoms with van der Waals surface area (Å²) < 4.78 is 5.32. The minimum atomic E-state index is 0.861. The molecule has 0 spiro atoms. The molecule has 0 aliphatic heterocycles. The van der Waals surface area contributed by atoms with Crippen molar-refractivity contribution in [3.05, 3.63) is 0 Å². The van der Waals surface area contributed by atoms with Gasteiger partial charge >= 0.3 is 0 Å². The zero-order valence-corrected chi connectivity index (χ0v) is 16.0. The maximum atomic E-state index is 5.32. The topological polar surface area (TPSA) is 9.23 Å². The molecule has 0 N–H and O–H groups in total. The van der Waals surface area contributed by atoms with Crippen LogP contribution in [0.3, 0.4) is 0 Å². The van der Waals surface area contributed by atoms with Gasteiger partial charge in [-0.05, 0) is 36.5 Å². The van der Waals surface area contributed by atoms with Crippen LogP contribution < -0.4 is 0 Å². The molecule has 23 heavy (non-hydrogen) atoms. The van der Waals surface area contributed by atoms with Crippen LogP contribution in [0.25, 0.3) is 0 Å². The van der Waals surface area contributed by atoms with Gasteiger partial charge in [0.15, 0.2) is 0 Å². The first-order valence-corrected chi connectivity index (χ1v) is 10.8. The first kappa shape index (κ1) is 19.3. The minimum absolute atomic E-state index is 0.861. The van der Waals surface area contributed by atoms with Crippen LogP contribution >= 0.6 is 0 Å². The van der Waals surface area contributed by atoms with E-state index in [-0.39, 0.29) is 0 Å². The summed E-state index contributed by atoms with van der Waals surface area (Å²) in [5, 5.41) is 0. The molecule has 0 aromatic carbocycles. The average Bonchev–Trinajstić information content (AvgIpc) is 2.59. The highest BCUT2D eigenvalue weighted by Crippen LogP contribution is 2.37. The molecule has 0 aromatic heterocycles. The smallest absolute Gasteiger partial charge is 0.0490 e. The first-order chi connectivity index (χ1) is 11.3. The summed E-state index contributed by atoms with van der Waals surface area (Å²) >= 11 is 0. The molecule has 2 rings (SSSR count). The molecule has 0 aromatic rings. The van der Waals surface area contributed by atoms with E-state index in [1.165, 1.54) is 96.3 Å². The van der Waals surface area contributed by atoms with Crippen LogP contribution in [-0.4, -0.2) is 13.7 Å². The largest absolute Gasteiger partial charge is 0.384 e. The van der Waals surface area contributed by atoms with Crippen molar-refractivity contribution >= 4 is 0 Å². The van der Waals surface area contributed by atoms with Gasteiger partial charge in [0.05, 0.1) is 0 Å². The van der Waals surface area contributed by atoms with Crippen LogP contribution in [0, 0.1) is 23.7 Å². The van der Waals surface area contributed by atoms with Gasteiger partial charge in [-0.2, -0.15) is 0 Å². The van der Waals surface area contributed by atoms with Crippen molar-refractivity contribution in [3.8, 4) is 0 Å². The van der Waals surface area contributed by atoms with Gasteiger partial charge in [0.2, 0.25) is 0 Å². The van der Waals surface area contributed by atoms with E-state index in [1.807, 2.05) is 7.11 Å². The zero-order valence-electron chi connectivity index (χ0n) is 16.0. The molecule has 1 heteroatoms. The van der Waals surface area contributed by atoms with Crippen LogP contribution in [0.2, 0.25) is 0 Å². The van der Waals surface area contributed by atoms with Crippen LogP contribution in [0.5, 0.6) is 0 Å². The second-order valence-electron chi connectivity index (χ2n) is 8.66. The third-order valence-corrected chi connectivity index (χ3v) is 6.78. The van der Waals surface area contributed by atoms with E-state index in [0.717, 1.165) is 30.3 Å². The van der Waals surface area contributed by atoms with E-state index in [1.54, 1.807) is 0 Å². The molecule has 0 bridgehead atoms. The lowest BCUT2D eigenvalue weighted by molar-refractivity contribution is 0.115. The van der Waals surface area contributed by atoms with Gasteiger partial charge in [-0.15, -0.1) is 0 Å². The molecular formula is C22H42O. The van der Waals surface area contributed by atoms with Crippen molar-refractivity contribution in [2.75, 3.05) is 13.7 Å². The molecular weight excluding hydrogens is 280 g/mol. The molecule has 136 valence electrons. The highest BCUT2D eigenvalue weighted by Gasteiger charge is 2.24. The Balaban J connectivity index is 1.50. The maximum Gasteiger partial charge on any atom is 0.0490 e. The molecule has 0 radical (unpaired) electrons. The fourth-order valence-electron chi connectivity index (χ4n) is 5.06. The van der Waals surface area contributed by atoms with Crippen molar-refractivity contribution < 1.29 is 4.74 Å². The molecule has 2 aliphatic rings. The van der Waals surface area contributed by atoms with Gasteiger partial charge < -0.3 is 4.74 Å². The van der Waals surface area contributed by atoms with Crippen LogP contribution in [0.4, 0.5) is 0 Å². The van der Waals surface area contributed by atoms with Gasteiger partial charge in [0.1, 0.15) is 0 Å². The summed E-state index contributed by atoms with van der Waals surface area (Å²) in [6.07, 6.45) is 22.3. The Morgan fingerprint density at radius 2 is 1.09 bits per heavy atom. The molecule has 2 aliphatic carbocycles. The molecule has 0 atom stereocenters. The summed E-state index contributed by atoms with van der Waals surface area (Å²) in [4.78, 5) is 0. The summed E-state index contributed by atoms with van der Waals surface area (Å²) in [7, 11) is 1.85. The third-order valence-electron chi connectivity index (χ3n) is 6.78. The third kappa shape index (κ3) is 7.59. The SMILES string of the molecule is CCCCCCC1CCC(CCC2CCC(COC)CC2)CC1. The van der Waals surface area contributed by atoms with E-state index in [4.69, 9.17) is 4.74 Å². The van der Waals surface area contributed by atoms with Crippen molar-refractivity contribution in [1.82, 2.24) is 0 Å². The Hall–Kier alpha value is -0.0400. The average molecular weight is 323 g/mol. The monoisotopic (exact) mass is 322 g/mol. The second-order valence-corrected chi connectivity index (χ2v) is 8.66. The lowest BCUT2D eigenvalue weighted by Crippen LogP contribution is -2.20. The van der Waals surface area contributed by atoms with Crippen molar-refractivity contribution in [1.29, 1.82) is 0 Å². The Morgan fingerprint density at radius 3 is 1.57 bits per heavy atom. The predicted molar refractivity (Wildman–Crippen MR) is 101 cm³/mol. The van der Waals surface area contributed by atoms with Crippen LogP contribution in [-0.2, 0) is 4.74 Å². The van der Waals surface area contributed by atoms with E-state index in [2.05, 4.69) is 6.92 Å². The summed E-state index contributed by atoms with van der Waals surface area (Å²) in [6, 6.07) is 0. The minimum Gasteiger partial charge on any atom is -0.384 e. The van der Waals surface area contributed by atoms with Gasteiger partial charge in [0.25, 0.3) is 0 Å². The highest BCUT2D eigenvalue weighted by atomic mass is 16.5. The molecule has 0 saturated heterocycles. The van der Waals surface area contributed by atoms with E-state index >= 15 is 0 Å². The number of hydrogen-bond donors (Lipinski definition) is 0. The number of hydrogen-bond acceptors (Lipinski definition) is 1. The highest BCUT2D eigenvalue weighted by molar-refractivity contribution is 4.76. The molecule has 0 amide bonds. The van der Waals surface area contributed by atoms with E-state index < -0.39 is 0 Å². The second kappa shape index (κ2) is 11.5. The Morgan fingerprint density at radius 1 is 0.609 bits per heavy atom. The van der Waals surface area contributed by atoms with Crippen LogP contribution in [0.15, 0.2) is 0 Å². The number of ether oxygens (including phenoxy) is 1. The van der Waals surface area contributed by atoms with Gasteiger partial charge in [-0.1, -0.05) is 90.4 Å². The summed E-state index contributed by atoms with van der Waals surface area (Å²) in [5.41, 5.74) is 0. The summed E-state index contributed by atoms with van der Waals surface area (Å²) in [6.45, 7) is 3.31. The normalized spacial score (nSPS) is 32.1. The van der Waals surface area contributed by atoms with Crippen molar-refractivity contribution in [3.63, 3.8) is 0 Å². The standard InChI is InChI=1S/C22H42O/c1-3-4-5-6-7-19-8-10-20(11-9-19)12-13-21-14-16-22(17-15-21)18-23-2/h19-22H,3-18H2,1-2H3. The van der Waals surface area contributed by atoms with Crippen LogP contribution in [0.1, 0.15) is 103 Å². The zero-order chi connectivity index (χ0) is 16.3. The molecule has 2 saturated carbocycles. The molecule has 1 nitrogen and oxygen atoms in total. The molecule has 2 fully saturated rings. The Labute approximate surface area is 146 Å². The quantitative estimate of drug-likeness (QED) is 0.393. The Kier molecular flexibility index (Phi) is 9.65. The fraction of sp³-hybridized carbons (Fsp3) is 1.00.